The lowest BCUT2D eigenvalue weighted by atomic mass is 9.86. The van der Waals surface area contributed by atoms with E-state index in [9.17, 15) is 0 Å². The summed E-state index contributed by atoms with van der Waals surface area (Å²) in [4.78, 5) is 0. The summed E-state index contributed by atoms with van der Waals surface area (Å²) >= 11 is 0. The summed E-state index contributed by atoms with van der Waals surface area (Å²) < 4.78 is 5.45. The molecule has 0 aromatic heterocycles. The quantitative estimate of drug-likeness (QED) is 0.323. The highest BCUT2D eigenvalue weighted by molar-refractivity contribution is 5.93. The van der Waals surface area contributed by atoms with Crippen molar-refractivity contribution in [2.45, 2.75) is 32.0 Å². The topological polar surface area (TPSA) is 81.2 Å². The van der Waals surface area contributed by atoms with Crippen LogP contribution >= 0.6 is 0 Å². The molecule has 0 spiro atoms. The molecule has 160 valence electrons. The van der Waals surface area contributed by atoms with Gasteiger partial charge in [-0.2, -0.15) is 0 Å². The highest BCUT2D eigenvalue weighted by atomic mass is 16.5. The van der Waals surface area contributed by atoms with E-state index in [-0.39, 0.29) is 0 Å². The molecule has 0 aliphatic carbocycles. The molecule has 0 atom stereocenters. The van der Waals surface area contributed by atoms with E-state index >= 15 is 0 Å². The Kier molecular flexibility index (Phi) is 6.80. The lowest BCUT2D eigenvalue weighted by Crippen LogP contribution is -2.60. The molecule has 2 aromatic rings. The van der Waals surface area contributed by atoms with Crippen LogP contribution in [0.3, 0.4) is 0 Å². The first-order valence-corrected chi connectivity index (χ1v) is 10.4. The fourth-order valence-corrected chi connectivity index (χ4v) is 4.04. The smallest absolute Gasteiger partial charge is 0.165 e. The van der Waals surface area contributed by atoms with E-state index in [2.05, 4.69) is 58.5 Å². The number of methoxy groups -OCH3 is 1. The molecule has 6 nitrogen and oxygen atoms in total. The number of ether oxygens (including phenoxy) is 1. The Hall–Kier alpha value is -2.83. The van der Waals surface area contributed by atoms with Gasteiger partial charge in [0.2, 0.25) is 0 Å². The minimum atomic E-state index is -0.545. The molecule has 1 aliphatic heterocycles. The number of hydrogen-bond donors (Lipinski definition) is 5. The summed E-state index contributed by atoms with van der Waals surface area (Å²) in [6.07, 6.45) is 4.50. The molecular formula is C24H33N5O. The number of fused-ring (bicyclic) bond motifs is 1. The Balaban J connectivity index is 2.23. The van der Waals surface area contributed by atoms with Crippen molar-refractivity contribution >= 4 is 17.1 Å². The third-order valence-corrected chi connectivity index (χ3v) is 5.66. The van der Waals surface area contributed by atoms with Crippen LogP contribution in [0.5, 0.6) is 5.75 Å². The van der Waals surface area contributed by atoms with E-state index < -0.39 is 5.79 Å². The summed E-state index contributed by atoms with van der Waals surface area (Å²) in [5, 5.41) is 22.1. The molecule has 0 saturated heterocycles. The van der Waals surface area contributed by atoms with Crippen LogP contribution in [-0.4, -0.2) is 39.8 Å². The van der Waals surface area contributed by atoms with Crippen LogP contribution in [0, 0.1) is 5.41 Å². The van der Waals surface area contributed by atoms with Gasteiger partial charge in [0.05, 0.1) is 7.11 Å². The van der Waals surface area contributed by atoms with Crippen LogP contribution in [0.2, 0.25) is 0 Å². The van der Waals surface area contributed by atoms with Crippen molar-refractivity contribution in [3.05, 3.63) is 53.6 Å². The van der Waals surface area contributed by atoms with Crippen LogP contribution < -0.4 is 26.0 Å². The van der Waals surface area contributed by atoms with Crippen LogP contribution in [0.4, 0.5) is 5.69 Å². The van der Waals surface area contributed by atoms with Gasteiger partial charge in [0, 0.05) is 36.1 Å². The number of hydrogen-bond acceptors (Lipinski definition) is 6. The second-order valence-corrected chi connectivity index (χ2v) is 7.52. The Labute approximate surface area is 179 Å². The van der Waals surface area contributed by atoms with Crippen molar-refractivity contribution in [1.29, 1.82) is 5.41 Å². The minimum absolute atomic E-state index is 0.545. The minimum Gasteiger partial charge on any atom is -0.497 e. The van der Waals surface area contributed by atoms with Gasteiger partial charge in [-0.25, -0.2) is 0 Å². The van der Waals surface area contributed by atoms with E-state index in [1.807, 2.05) is 33.3 Å². The second-order valence-electron chi connectivity index (χ2n) is 7.52. The monoisotopic (exact) mass is 407 g/mol. The normalized spacial score (nSPS) is 14.4. The molecule has 0 unspecified atom stereocenters. The highest BCUT2D eigenvalue weighted by Gasteiger charge is 2.32. The summed E-state index contributed by atoms with van der Waals surface area (Å²) in [6, 6.07) is 12.4. The third kappa shape index (κ3) is 4.20. The molecule has 0 amide bonds. The maximum Gasteiger partial charge on any atom is 0.165 e. The predicted molar refractivity (Wildman–Crippen MR) is 126 cm³/mol. The fourth-order valence-electron chi connectivity index (χ4n) is 4.04. The number of nitrogens with one attached hydrogen (secondary N) is 5. The molecule has 3 rings (SSSR count). The van der Waals surface area contributed by atoms with Gasteiger partial charge in [-0.1, -0.05) is 31.5 Å². The van der Waals surface area contributed by atoms with Crippen molar-refractivity contribution in [2.24, 2.45) is 0 Å². The molecule has 6 heteroatoms. The maximum atomic E-state index is 8.54. The van der Waals surface area contributed by atoms with Crippen molar-refractivity contribution in [3.8, 4) is 16.9 Å². The molecule has 2 aromatic carbocycles. The molecule has 1 heterocycles. The molecule has 30 heavy (non-hydrogen) atoms. The maximum absolute atomic E-state index is 8.54. The average Bonchev–Trinajstić information content (AvgIpc) is 2.78. The average molecular weight is 408 g/mol. The van der Waals surface area contributed by atoms with Gasteiger partial charge >= 0.3 is 0 Å². The lowest BCUT2D eigenvalue weighted by molar-refractivity contribution is 0.415. The molecule has 5 N–H and O–H groups in total. The van der Waals surface area contributed by atoms with E-state index in [4.69, 9.17) is 10.1 Å². The molecule has 0 fully saturated rings. The van der Waals surface area contributed by atoms with Crippen LogP contribution in [-0.2, 0) is 6.42 Å². The first-order valence-electron chi connectivity index (χ1n) is 10.4. The summed E-state index contributed by atoms with van der Waals surface area (Å²) in [5.41, 5.74) is 7.26. The first kappa shape index (κ1) is 21.9. The van der Waals surface area contributed by atoms with E-state index in [1.165, 1.54) is 0 Å². The first-order chi connectivity index (χ1) is 14.5. The Bertz CT molecular complexity index is 947. The van der Waals surface area contributed by atoms with Crippen molar-refractivity contribution in [3.63, 3.8) is 0 Å². The number of likely N-dealkylation sites (N-methyl/N-ethyl adjacent to an activating group) is 2. The van der Waals surface area contributed by atoms with E-state index in [0.29, 0.717) is 6.42 Å². The summed E-state index contributed by atoms with van der Waals surface area (Å²) in [5.74, 6) is 0.281. The summed E-state index contributed by atoms with van der Waals surface area (Å²) in [7, 11) is 7.46. The van der Waals surface area contributed by atoms with Gasteiger partial charge in [-0.3, -0.25) is 10.6 Å². The number of rotatable bonds is 9. The Morgan fingerprint density at radius 1 is 1.13 bits per heavy atom. The Morgan fingerprint density at radius 2 is 1.90 bits per heavy atom. The molecule has 0 radical (unpaired) electrons. The molecule has 0 saturated carbocycles. The standard InChI is InChI=1S/C24H33N5O/c1-6-8-17(25)14-20-19(16-9-7-10-18(13-16)30-5)11-12-21-23(20)22(26-2)15-24(27-3,28-4)29-21/h7,9-13,15,25-29H,6,8,14H2,1-5H3. The zero-order valence-electron chi connectivity index (χ0n) is 18.6. The van der Waals surface area contributed by atoms with Gasteiger partial charge < -0.3 is 20.8 Å². The second kappa shape index (κ2) is 9.32. The molecular weight excluding hydrogens is 374 g/mol. The van der Waals surface area contributed by atoms with Crippen LogP contribution in [0.25, 0.3) is 16.8 Å². The molecule has 1 aliphatic rings. The largest absolute Gasteiger partial charge is 0.497 e. The van der Waals surface area contributed by atoms with Crippen molar-refractivity contribution in [2.75, 3.05) is 33.6 Å². The lowest BCUT2D eigenvalue weighted by Gasteiger charge is -2.38. The third-order valence-electron chi connectivity index (χ3n) is 5.66. The van der Waals surface area contributed by atoms with Gasteiger partial charge in [0.25, 0.3) is 0 Å². The van der Waals surface area contributed by atoms with Gasteiger partial charge in [-0.05, 0) is 61.5 Å². The zero-order chi connectivity index (χ0) is 21.7. The highest BCUT2D eigenvalue weighted by Crippen LogP contribution is 2.39. The fraction of sp³-hybridized carbons (Fsp3) is 0.375. The van der Waals surface area contributed by atoms with Gasteiger partial charge in [-0.15, -0.1) is 0 Å². The van der Waals surface area contributed by atoms with E-state index in [0.717, 1.165) is 57.9 Å². The van der Waals surface area contributed by atoms with Crippen molar-refractivity contribution < 1.29 is 4.74 Å². The molecule has 0 bridgehead atoms. The van der Waals surface area contributed by atoms with Crippen LogP contribution in [0.15, 0.2) is 42.5 Å². The zero-order valence-corrected chi connectivity index (χ0v) is 18.6. The van der Waals surface area contributed by atoms with Crippen LogP contribution in [0.1, 0.15) is 30.9 Å². The number of anilines is 1. The number of benzene rings is 2. The predicted octanol–water partition coefficient (Wildman–Crippen LogP) is 3.80. The van der Waals surface area contributed by atoms with E-state index in [1.54, 1.807) is 7.11 Å². The van der Waals surface area contributed by atoms with Crippen molar-refractivity contribution in [1.82, 2.24) is 16.0 Å². The summed E-state index contributed by atoms with van der Waals surface area (Å²) in [6.45, 7) is 2.12. The van der Waals surface area contributed by atoms with Gasteiger partial charge in [0.1, 0.15) is 5.75 Å². The van der Waals surface area contributed by atoms with Gasteiger partial charge in [0.15, 0.2) is 5.79 Å². The Morgan fingerprint density at radius 3 is 2.53 bits per heavy atom. The SMILES string of the molecule is CCCC(=N)Cc1c(-c2cccc(OC)c2)ccc2c1C(NC)=CC(NC)(NC)N2.